The third-order valence-corrected chi connectivity index (χ3v) is 10.6. The van der Waals surface area contributed by atoms with Crippen molar-refractivity contribution in [3.05, 3.63) is 97.1 Å². The van der Waals surface area contributed by atoms with Crippen molar-refractivity contribution in [3.8, 4) is 0 Å². The molecule has 0 nitrogen and oxygen atoms in total. The van der Waals surface area contributed by atoms with Crippen molar-refractivity contribution in [1.82, 2.24) is 0 Å². The van der Waals surface area contributed by atoms with Crippen LogP contribution < -0.4 is 0 Å². The van der Waals surface area contributed by atoms with Crippen LogP contribution in [0.15, 0.2) is 97.1 Å². The lowest BCUT2D eigenvalue weighted by Gasteiger charge is -2.22. The Kier molecular flexibility index (Phi) is 3.07. The quantitative estimate of drug-likeness (QED) is 0.147. The number of rotatable bonds is 0. The van der Waals surface area contributed by atoms with Crippen molar-refractivity contribution in [1.29, 1.82) is 0 Å². The van der Waals surface area contributed by atoms with Gasteiger partial charge in [0.25, 0.3) is 0 Å². The van der Waals surface area contributed by atoms with E-state index in [1.807, 2.05) is 22.7 Å². The molecule has 10 rings (SSSR count). The van der Waals surface area contributed by atoms with Crippen molar-refractivity contribution < 1.29 is 0 Å². The summed E-state index contributed by atoms with van der Waals surface area (Å²) in [6, 6.07) is 36.7. The molecule has 164 valence electrons. The maximum Gasteiger partial charge on any atom is 0.0362 e. The van der Waals surface area contributed by atoms with Crippen molar-refractivity contribution >= 4 is 117 Å². The average molecular weight is 489 g/mol. The largest absolute Gasteiger partial charge is 0.135 e. The normalized spacial score (nSPS) is 13.0. The molecule has 2 heteroatoms. The SMILES string of the molecule is c1ccc2c(c1)ccc1sc3ccc4c5cccc6ccc7sc8cccc9c8c(c7c65)c4c3c9c12. The summed E-state index contributed by atoms with van der Waals surface area (Å²) in [5.74, 6) is 0. The number of hydrogen-bond acceptors (Lipinski definition) is 2. The highest BCUT2D eigenvalue weighted by molar-refractivity contribution is 7.26. The Morgan fingerprint density at radius 2 is 0.833 bits per heavy atom. The Morgan fingerprint density at radius 1 is 0.278 bits per heavy atom. The summed E-state index contributed by atoms with van der Waals surface area (Å²) in [4.78, 5) is 0. The van der Waals surface area contributed by atoms with Crippen LogP contribution in [0.3, 0.4) is 0 Å². The Morgan fingerprint density at radius 3 is 1.75 bits per heavy atom. The van der Waals surface area contributed by atoms with E-state index in [9.17, 15) is 0 Å². The Bertz CT molecular complexity index is 2520. The summed E-state index contributed by atoms with van der Waals surface area (Å²) in [6.07, 6.45) is 0. The van der Waals surface area contributed by atoms with Crippen LogP contribution in [-0.4, -0.2) is 0 Å². The molecule has 0 aliphatic rings. The van der Waals surface area contributed by atoms with Gasteiger partial charge in [0.2, 0.25) is 0 Å². The smallest absolute Gasteiger partial charge is 0.0362 e. The maximum absolute atomic E-state index is 2.39. The molecule has 0 unspecified atom stereocenters. The van der Waals surface area contributed by atoms with E-state index in [0.29, 0.717) is 0 Å². The summed E-state index contributed by atoms with van der Waals surface area (Å²) in [7, 11) is 0. The number of fused-ring (bicyclic) bond motifs is 6. The second-order valence-electron chi connectivity index (χ2n) is 10.00. The summed E-state index contributed by atoms with van der Waals surface area (Å²) in [5.41, 5.74) is 0. The van der Waals surface area contributed by atoms with Gasteiger partial charge in [-0.1, -0.05) is 72.8 Å². The van der Waals surface area contributed by atoms with Gasteiger partial charge in [0.05, 0.1) is 0 Å². The minimum absolute atomic E-state index is 1.31. The molecular formula is C34H16S2. The topological polar surface area (TPSA) is 0 Å². The third kappa shape index (κ3) is 1.94. The highest BCUT2D eigenvalue weighted by atomic mass is 32.1. The molecule has 0 saturated carbocycles. The molecule has 0 radical (unpaired) electrons. The number of hydrogen-bond donors (Lipinski definition) is 0. The van der Waals surface area contributed by atoms with Crippen molar-refractivity contribution in [2.24, 2.45) is 0 Å². The highest BCUT2D eigenvalue weighted by Crippen LogP contribution is 2.54. The van der Waals surface area contributed by atoms with E-state index in [4.69, 9.17) is 0 Å². The highest BCUT2D eigenvalue weighted by Gasteiger charge is 2.24. The van der Waals surface area contributed by atoms with Gasteiger partial charge in [-0.3, -0.25) is 0 Å². The second-order valence-corrected chi connectivity index (χ2v) is 12.2. The molecule has 10 aromatic rings. The van der Waals surface area contributed by atoms with Crippen LogP contribution >= 0.6 is 22.7 Å². The summed E-state index contributed by atoms with van der Waals surface area (Å²) in [6.45, 7) is 0. The molecule has 0 saturated heterocycles. The van der Waals surface area contributed by atoms with Gasteiger partial charge in [-0.2, -0.15) is 0 Å². The van der Waals surface area contributed by atoms with Gasteiger partial charge in [0.15, 0.2) is 0 Å². The van der Waals surface area contributed by atoms with Crippen LogP contribution in [0.4, 0.5) is 0 Å². The van der Waals surface area contributed by atoms with Gasteiger partial charge >= 0.3 is 0 Å². The van der Waals surface area contributed by atoms with E-state index in [-0.39, 0.29) is 0 Å². The zero-order valence-corrected chi connectivity index (χ0v) is 20.7. The van der Waals surface area contributed by atoms with Gasteiger partial charge in [0, 0.05) is 56.5 Å². The van der Waals surface area contributed by atoms with Gasteiger partial charge in [-0.15, -0.1) is 22.7 Å². The van der Waals surface area contributed by atoms with E-state index in [1.54, 1.807) is 0 Å². The fourth-order valence-electron chi connectivity index (χ4n) is 7.00. The monoisotopic (exact) mass is 488 g/mol. The van der Waals surface area contributed by atoms with Gasteiger partial charge in [0.1, 0.15) is 0 Å². The Balaban J connectivity index is 1.70. The van der Waals surface area contributed by atoms with E-state index < -0.39 is 0 Å². The lowest BCUT2D eigenvalue weighted by Crippen LogP contribution is -1.93. The first-order valence-electron chi connectivity index (χ1n) is 12.4. The molecule has 2 heterocycles. The molecule has 0 atom stereocenters. The first-order valence-corrected chi connectivity index (χ1v) is 14.0. The zero-order chi connectivity index (χ0) is 23.1. The maximum atomic E-state index is 2.39. The average Bonchev–Trinajstić information content (AvgIpc) is 2.93. The second kappa shape index (κ2) is 6.04. The van der Waals surface area contributed by atoms with Gasteiger partial charge < -0.3 is 0 Å². The molecule has 0 aliphatic heterocycles. The fourth-order valence-corrected chi connectivity index (χ4v) is 9.27. The lowest BCUT2D eigenvalue weighted by atomic mass is 9.84. The van der Waals surface area contributed by atoms with Crippen LogP contribution in [0.25, 0.3) is 94.2 Å². The molecule has 0 amide bonds. The fraction of sp³-hybridized carbons (Fsp3) is 0. The third-order valence-electron chi connectivity index (χ3n) is 8.34. The molecule has 0 fully saturated rings. The molecule has 0 aliphatic carbocycles. The molecule has 0 spiro atoms. The van der Waals surface area contributed by atoms with Gasteiger partial charge in [-0.05, 0) is 62.0 Å². The van der Waals surface area contributed by atoms with Crippen molar-refractivity contribution in [2.45, 2.75) is 0 Å². The molecule has 36 heavy (non-hydrogen) atoms. The zero-order valence-electron chi connectivity index (χ0n) is 19.1. The van der Waals surface area contributed by atoms with E-state index in [1.165, 1.54) is 94.2 Å². The van der Waals surface area contributed by atoms with Crippen molar-refractivity contribution in [2.75, 3.05) is 0 Å². The van der Waals surface area contributed by atoms with Crippen LogP contribution in [0.1, 0.15) is 0 Å². The molecular weight excluding hydrogens is 473 g/mol. The number of benzene rings is 8. The van der Waals surface area contributed by atoms with Crippen LogP contribution in [0, 0.1) is 0 Å². The summed E-state index contributed by atoms with van der Waals surface area (Å²) in [5, 5.41) is 19.6. The first kappa shape index (κ1) is 18.3. The van der Waals surface area contributed by atoms with Crippen LogP contribution in [0.2, 0.25) is 0 Å². The van der Waals surface area contributed by atoms with E-state index >= 15 is 0 Å². The van der Waals surface area contributed by atoms with Crippen LogP contribution in [0.5, 0.6) is 0 Å². The van der Waals surface area contributed by atoms with Crippen molar-refractivity contribution in [3.63, 3.8) is 0 Å². The predicted octanol–water partition coefficient (Wildman–Crippen LogP) is 11.1. The minimum Gasteiger partial charge on any atom is -0.135 e. The first-order chi connectivity index (χ1) is 17.9. The Hall–Kier alpha value is -3.98. The molecule has 0 N–H and O–H groups in total. The molecule has 8 aromatic carbocycles. The molecule has 2 aromatic heterocycles. The summed E-state index contributed by atoms with van der Waals surface area (Å²) < 4.78 is 5.50. The van der Waals surface area contributed by atoms with Gasteiger partial charge in [-0.25, -0.2) is 0 Å². The van der Waals surface area contributed by atoms with E-state index in [0.717, 1.165) is 0 Å². The van der Waals surface area contributed by atoms with Crippen LogP contribution in [-0.2, 0) is 0 Å². The standard InChI is InChI=1S/C34H16S2/c1-2-7-19-17(5-1)11-14-24-28(19)31-22-9-4-10-23-29(22)34-30-21(13-16-26(36-24)33(30)31)20-8-3-6-18-12-15-25(35-23)32(34)27(18)20/h1-16H. The lowest BCUT2D eigenvalue weighted by molar-refractivity contribution is 1.82. The summed E-state index contributed by atoms with van der Waals surface area (Å²) >= 11 is 3.88. The Labute approximate surface area is 213 Å². The van der Waals surface area contributed by atoms with E-state index in [2.05, 4.69) is 97.1 Å². The minimum atomic E-state index is 1.31. The molecule has 0 bridgehead atoms. The predicted molar refractivity (Wildman–Crippen MR) is 162 cm³/mol.